The second-order valence-electron chi connectivity index (χ2n) is 8.25. The molecule has 30 heavy (non-hydrogen) atoms. The maximum Gasteiger partial charge on any atom is 0.0465 e. The summed E-state index contributed by atoms with van der Waals surface area (Å²) in [5, 5.41) is 6.80. The van der Waals surface area contributed by atoms with Crippen LogP contribution in [0.5, 0.6) is 0 Å². The van der Waals surface area contributed by atoms with Crippen LogP contribution < -0.4 is 0 Å². The van der Waals surface area contributed by atoms with Crippen LogP contribution >= 0.6 is 11.3 Å². The molecule has 0 radical (unpaired) electrons. The summed E-state index contributed by atoms with van der Waals surface area (Å²) in [6.45, 7) is 0. The van der Waals surface area contributed by atoms with E-state index in [0.29, 0.717) is 5.92 Å². The van der Waals surface area contributed by atoms with Gasteiger partial charge in [-0.1, -0.05) is 60.7 Å². The van der Waals surface area contributed by atoms with E-state index in [-0.39, 0.29) is 0 Å². The smallest absolute Gasteiger partial charge is 0.0465 e. The predicted octanol–water partition coefficient (Wildman–Crippen LogP) is 8.04. The highest BCUT2D eigenvalue weighted by Crippen LogP contribution is 2.43. The first-order chi connectivity index (χ1) is 14.8. The van der Waals surface area contributed by atoms with E-state index in [1.54, 1.807) is 0 Å². The largest absolute Gasteiger partial charge is 0.355 e. The van der Waals surface area contributed by atoms with Crippen LogP contribution in [-0.2, 0) is 6.42 Å². The van der Waals surface area contributed by atoms with Crippen molar-refractivity contribution < 1.29 is 0 Å². The molecule has 1 atom stereocenters. The van der Waals surface area contributed by atoms with Crippen LogP contribution in [0.4, 0.5) is 0 Å². The lowest BCUT2D eigenvalue weighted by Gasteiger charge is -2.18. The number of hydrogen-bond donors (Lipinski definition) is 1. The highest BCUT2D eigenvalue weighted by molar-refractivity contribution is 7.20. The molecule has 0 spiro atoms. The summed E-state index contributed by atoms with van der Waals surface area (Å²) in [4.78, 5) is 4.97. The minimum Gasteiger partial charge on any atom is -0.355 e. The van der Waals surface area contributed by atoms with Gasteiger partial charge in [0.1, 0.15) is 0 Å². The Morgan fingerprint density at radius 3 is 2.57 bits per heavy atom. The van der Waals surface area contributed by atoms with Crippen LogP contribution in [0.1, 0.15) is 21.9 Å². The SMILES string of the molecule is C1=CC(c2ccc3[nH]c4ccccc4c3c2)Cc2c1sc1ccc3ccccc3c21. The molecule has 2 heteroatoms. The lowest BCUT2D eigenvalue weighted by molar-refractivity contribution is 0.839. The molecule has 1 aliphatic carbocycles. The fraction of sp³-hybridized carbons (Fsp3) is 0.0714. The zero-order chi connectivity index (χ0) is 19.7. The number of rotatable bonds is 1. The molecule has 7 rings (SSSR count). The van der Waals surface area contributed by atoms with E-state index >= 15 is 0 Å². The number of aromatic nitrogens is 1. The zero-order valence-corrected chi connectivity index (χ0v) is 17.2. The molecule has 1 aliphatic rings. The Bertz CT molecular complexity index is 1630. The molecule has 2 heterocycles. The lowest BCUT2D eigenvalue weighted by Crippen LogP contribution is -2.04. The van der Waals surface area contributed by atoms with E-state index in [9.17, 15) is 0 Å². The van der Waals surface area contributed by atoms with Gasteiger partial charge in [-0.3, -0.25) is 0 Å². The van der Waals surface area contributed by atoms with Gasteiger partial charge in [-0.2, -0.15) is 0 Å². The molecule has 1 nitrogen and oxygen atoms in total. The molecule has 0 saturated heterocycles. The first kappa shape index (κ1) is 16.4. The lowest BCUT2D eigenvalue weighted by atomic mass is 9.85. The van der Waals surface area contributed by atoms with E-state index in [4.69, 9.17) is 0 Å². The number of aromatic amines is 1. The monoisotopic (exact) mass is 401 g/mol. The van der Waals surface area contributed by atoms with Crippen LogP contribution in [0.2, 0.25) is 0 Å². The van der Waals surface area contributed by atoms with Gasteiger partial charge in [0.05, 0.1) is 0 Å². The third-order valence-corrected chi connectivity index (χ3v) is 7.73. The predicted molar refractivity (Wildman–Crippen MR) is 131 cm³/mol. The highest BCUT2D eigenvalue weighted by atomic mass is 32.1. The van der Waals surface area contributed by atoms with Crippen molar-refractivity contribution in [3.05, 3.63) is 101 Å². The molecule has 6 aromatic rings. The fourth-order valence-electron chi connectivity index (χ4n) is 5.11. The maximum absolute atomic E-state index is 3.55. The topological polar surface area (TPSA) is 15.8 Å². The van der Waals surface area contributed by atoms with Gasteiger partial charge < -0.3 is 4.98 Å². The molecule has 1 N–H and O–H groups in total. The number of para-hydroxylation sites is 1. The van der Waals surface area contributed by atoms with Gasteiger partial charge in [-0.15, -0.1) is 11.3 Å². The van der Waals surface area contributed by atoms with Gasteiger partial charge in [-0.25, -0.2) is 0 Å². The molecule has 1 unspecified atom stereocenters. The summed E-state index contributed by atoms with van der Waals surface area (Å²) in [6, 6.07) is 28.9. The quantitative estimate of drug-likeness (QED) is 0.287. The minimum atomic E-state index is 0.410. The molecule has 0 amide bonds. The van der Waals surface area contributed by atoms with Crippen LogP contribution in [0.15, 0.2) is 84.9 Å². The highest BCUT2D eigenvalue weighted by Gasteiger charge is 2.22. The molecular weight excluding hydrogens is 382 g/mol. The summed E-state index contributed by atoms with van der Waals surface area (Å²) >= 11 is 1.93. The van der Waals surface area contributed by atoms with Crippen molar-refractivity contribution in [2.45, 2.75) is 12.3 Å². The third kappa shape index (κ3) is 2.28. The second kappa shape index (κ2) is 6.07. The number of nitrogens with one attached hydrogen (secondary N) is 1. The van der Waals surface area contributed by atoms with Crippen molar-refractivity contribution in [3.8, 4) is 0 Å². The van der Waals surface area contributed by atoms with Gasteiger partial charge in [0.2, 0.25) is 0 Å². The standard InChI is InChI=1S/C28H19NS/c1-2-6-20-17(5-1)10-14-27-28(20)23-16-19(11-13-26(23)30-27)18-9-12-25-22(15-18)21-7-3-4-8-24(21)29-25/h1-15,19,29H,16H2. The summed E-state index contributed by atoms with van der Waals surface area (Å²) in [5.74, 6) is 0.410. The Morgan fingerprint density at radius 2 is 1.60 bits per heavy atom. The number of H-pyrrole nitrogens is 1. The van der Waals surface area contributed by atoms with Gasteiger partial charge >= 0.3 is 0 Å². The number of fused-ring (bicyclic) bond motifs is 8. The molecule has 2 aromatic heterocycles. The van der Waals surface area contributed by atoms with E-state index in [1.807, 2.05) is 11.3 Å². The summed E-state index contributed by atoms with van der Waals surface area (Å²) in [6.07, 6.45) is 5.81. The number of allylic oxidation sites excluding steroid dienone is 1. The van der Waals surface area contributed by atoms with Crippen molar-refractivity contribution in [1.82, 2.24) is 4.98 Å². The second-order valence-corrected chi connectivity index (χ2v) is 9.33. The van der Waals surface area contributed by atoms with Crippen LogP contribution in [-0.4, -0.2) is 4.98 Å². The number of benzene rings is 4. The van der Waals surface area contributed by atoms with E-state index in [0.717, 1.165) is 6.42 Å². The fourth-order valence-corrected chi connectivity index (χ4v) is 6.27. The Morgan fingerprint density at radius 1 is 0.767 bits per heavy atom. The first-order valence-corrected chi connectivity index (χ1v) is 11.3. The average molecular weight is 402 g/mol. The Balaban J connectivity index is 1.39. The molecule has 0 fully saturated rings. The Kier molecular flexibility index (Phi) is 3.33. The number of hydrogen-bond acceptors (Lipinski definition) is 1. The van der Waals surface area contributed by atoms with Gasteiger partial charge in [0.15, 0.2) is 0 Å². The van der Waals surface area contributed by atoms with Crippen molar-refractivity contribution in [1.29, 1.82) is 0 Å². The van der Waals surface area contributed by atoms with Crippen molar-refractivity contribution >= 4 is 60.1 Å². The van der Waals surface area contributed by atoms with Crippen molar-refractivity contribution in [2.24, 2.45) is 0 Å². The number of thiophene rings is 1. The maximum atomic E-state index is 3.55. The van der Waals surface area contributed by atoms with Crippen LogP contribution in [0.3, 0.4) is 0 Å². The molecular formula is C28H19NS. The van der Waals surface area contributed by atoms with Crippen molar-refractivity contribution in [2.75, 3.05) is 0 Å². The van der Waals surface area contributed by atoms with Gasteiger partial charge in [0, 0.05) is 42.7 Å². The van der Waals surface area contributed by atoms with Crippen LogP contribution in [0.25, 0.3) is 48.7 Å². The van der Waals surface area contributed by atoms with Crippen molar-refractivity contribution in [3.63, 3.8) is 0 Å². The summed E-state index contributed by atoms with van der Waals surface area (Å²) in [5.41, 5.74) is 5.33. The van der Waals surface area contributed by atoms with Crippen LogP contribution in [0, 0.1) is 0 Å². The molecule has 0 bridgehead atoms. The van der Waals surface area contributed by atoms with E-state index in [1.165, 1.54) is 58.7 Å². The molecule has 142 valence electrons. The Labute approximate surface area is 178 Å². The van der Waals surface area contributed by atoms with E-state index < -0.39 is 0 Å². The van der Waals surface area contributed by atoms with Gasteiger partial charge in [-0.05, 0) is 58.7 Å². The average Bonchev–Trinajstić information content (AvgIpc) is 3.36. The summed E-state index contributed by atoms with van der Waals surface area (Å²) in [7, 11) is 0. The molecule has 0 saturated carbocycles. The first-order valence-electron chi connectivity index (χ1n) is 10.5. The zero-order valence-electron chi connectivity index (χ0n) is 16.4. The molecule has 4 aromatic carbocycles. The van der Waals surface area contributed by atoms with E-state index in [2.05, 4.69) is 96.0 Å². The molecule has 0 aliphatic heterocycles. The third-order valence-electron chi connectivity index (χ3n) is 6.57. The van der Waals surface area contributed by atoms with Gasteiger partial charge in [0.25, 0.3) is 0 Å². The normalized spacial score (nSPS) is 16.1. The minimum absolute atomic E-state index is 0.410. The Hall–Kier alpha value is -3.36. The summed E-state index contributed by atoms with van der Waals surface area (Å²) < 4.78 is 1.40.